The van der Waals surface area contributed by atoms with Crippen LogP contribution in [0.25, 0.3) is 0 Å². The van der Waals surface area contributed by atoms with Gasteiger partial charge in [0.2, 0.25) is 0 Å². The summed E-state index contributed by atoms with van der Waals surface area (Å²) in [6.45, 7) is 6.81. The van der Waals surface area contributed by atoms with E-state index in [1.54, 1.807) is 6.07 Å². The number of benzene rings is 1. The van der Waals surface area contributed by atoms with Gasteiger partial charge in [-0.1, -0.05) is 36.7 Å². The molecule has 0 bridgehead atoms. The molecule has 1 atom stereocenters. The van der Waals surface area contributed by atoms with Gasteiger partial charge in [-0.25, -0.2) is 4.39 Å². The Balaban J connectivity index is 2.72. The van der Waals surface area contributed by atoms with E-state index in [0.29, 0.717) is 12.2 Å². The lowest BCUT2D eigenvalue weighted by Crippen LogP contribution is -2.28. The van der Waals surface area contributed by atoms with Crippen LogP contribution in [0.15, 0.2) is 18.2 Å². The maximum Gasteiger partial charge on any atom is 0.166 e. The predicted octanol–water partition coefficient (Wildman–Crippen LogP) is 4.13. The van der Waals surface area contributed by atoms with Crippen molar-refractivity contribution in [3.63, 3.8) is 0 Å². The summed E-state index contributed by atoms with van der Waals surface area (Å²) in [6.07, 6.45) is 0. The van der Waals surface area contributed by atoms with E-state index in [1.165, 1.54) is 12.1 Å². The molecule has 0 aliphatic heterocycles. The van der Waals surface area contributed by atoms with Crippen LogP contribution in [0.3, 0.4) is 0 Å². The Bertz CT molecular complexity index is 448. The fourth-order valence-corrected chi connectivity index (χ4v) is 2.56. The van der Waals surface area contributed by atoms with Gasteiger partial charge < -0.3 is 4.74 Å². The Morgan fingerprint density at radius 2 is 2.11 bits per heavy atom. The molecule has 1 aromatic rings. The summed E-state index contributed by atoms with van der Waals surface area (Å²) in [7, 11) is 0. The van der Waals surface area contributed by atoms with Crippen LogP contribution in [0.4, 0.5) is 4.39 Å². The van der Waals surface area contributed by atoms with E-state index in [9.17, 15) is 4.39 Å². The summed E-state index contributed by atoms with van der Waals surface area (Å²) < 4.78 is 19.1. The summed E-state index contributed by atoms with van der Waals surface area (Å²) in [5.41, 5.74) is 0.389. The lowest BCUT2D eigenvalue weighted by molar-refractivity contribution is 0.162. The SMILES string of the molecule is CC(C)(C)C(CBr)COc1ccc(C#N)cc1F. The molecule has 0 saturated carbocycles. The molecule has 18 heavy (non-hydrogen) atoms. The van der Waals surface area contributed by atoms with E-state index in [2.05, 4.69) is 36.7 Å². The Labute approximate surface area is 116 Å². The smallest absolute Gasteiger partial charge is 0.166 e. The van der Waals surface area contributed by atoms with Crippen molar-refractivity contribution in [2.75, 3.05) is 11.9 Å². The minimum absolute atomic E-state index is 0.0899. The molecular weight excluding hydrogens is 297 g/mol. The van der Waals surface area contributed by atoms with E-state index in [0.717, 1.165) is 5.33 Å². The topological polar surface area (TPSA) is 33.0 Å². The Kier molecular flexibility index (Phi) is 5.15. The fourth-order valence-electron chi connectivity index (χ4n) is 1.40. The minimum atomic E-state index is -0.490. The molecule has 0 amide bonds. The Morgan fingerprint density at radius 1 is 1.44 bits per heavy atom. The van der Waals surface area contributed by atoms with E-state index in [1.807, 2.05) is 6.07 Å². The molecule has 4 heteroatoms. The van der Waals surface area contributed by atoms with Crippen molar-refractivity contribution in [1.82, 2.24) is 0 Å². The van der Waals surface area contributed by atoms with Crippen molar-refractivity contribution in [3.8, 4) is 11.8 Å². The molecule has 0 aliphatic rings. The van der Waals surface area contributed by atoms with Gasteiger partial charge in [-0.05, 0) is 23.6 Å². The summed E-state index contributed by atoms with van der Waals surface area (Å²) in [5, 5.41) is 9.45. The first-order chi connectivity index (χ1) is 8.38. The molecular formula is C14H17BrFNO. The van der Waals surface area contributed by atoms with Crippen molar-refractivity contribution < 1.29 is 9.13 Å². The van der Waals surface area contributed by atoms with Gasteiger partial charge in [-0.15, -0.1) is 0 Å². The van der Waals surface area contributed by atoms with Crippen LogP contribution >= 0.6 is 15.9 Å². The maximum atomic E-state index is 13.6. The second-order valence-corrected chi connectivity index (χ2v) is 5.93. The van der Waals surface area contributed by atoms with Gasteiger partial charge in [0.15, 0.2) is 11.6 Å². The number of nitriles is 1. The standard InChI is InChI=1S/C14H17BrFNO/c1-14(2,3)11(7-15)9-18-13-5-4-10(8-17)6-12(13)16/h4-6,11H,7,9H2,1-3H3. The summed E-state index contributed by atoms with van der Waals surface area (Å²) in [4.78, 5) is 0. The highest BCUT2D eigenvalue weighted by Crippen LogP contribution is 2.29. The number of ether oxygens (including phenoxy) is 1. The largest absolute Gasteiger partial charge is 0.490 e. The molecule has 0 saturated heterocycles. The molecule has 1 unspecified atom stereocenters. The number of hydrogen-bond donors (Lipinski definition) is 0. The average molecular weight is 314 g/mol. The van der Waals surface area contributed by atoms with Crippen LogP contribution in [0.1, 0.15) is 26.3 Å². The fraction of sp³-hybridized carbons (Fsp3) is 0.500. The number of alkyl halides is 1. The second-order valence-electron chi connectivity index (χ2n) is 5.29. The summed E-state index contributed by atoms with van der Waals surface area (Å²) >= 11 is 3.45. The zero-order valence-corrected chi connectivity index (χ0v) is 12.4. The molecule has 0 radical (unpaired) electrons. The predicted molar refractivity (Wildman–Crippen MR) is 73.3 cm³/mol. The third-order valence-electron chi connectivity index (χ3n) is 2.91. The third kappa shape index (κ3) is 3.99. The van der Waals surface area contributed by atoms with Gasteiger partial charge in [-0.3, -0.25) is 0 Å². The highest BCUT2D eigenvalue weighted by molar-refractivity contribution is 9.09. The molecule has 1 rings (SSSR count). The van der Waals surface area contributed by atoms with Crippen molar-refractivity contribution in [2.45, 2.75) is 20.8 Å². The van der Waals surface area contributed by atoms with Crippen LogP contribution in [0.2, 0.25) is 0 Å². The number of hydrogen-bond acceptors (Lipinski definition) is 2. The lowest BCUT2D eigenvalue weighted by Gasteiger charge is -2.29. The number of rotatable bonds is 4. The zero-order valence-electron chi connectivity index (χ0n) is 10.8. The molecule has 0 aromatic heterocycles. The first kappa shape index (κ1) is 15.0. The van der Waals surface area contributed by atoms with Crippen molar-refractivity contribution in [1.29, 1.82) is 5.26 Å². The molecule has 0 N–H and O–H groups in total. The van der Waals surface area contributed by atoms with Crippen LogP contribution in [-0.4, -0.2) is 11.9 Å². The first-order valence-electron chi connectivity index (χ1n) is 5.77. The van der Waals surface area contributed by atoms with Crippen molar-refractivity contribution in [2.24, 2.45) is 11.3 Å². The summed E-state index contributed by atoms with van der Waals surface area (Å²) in [6, 6.07) is 6.14. The molecule has 1 aromatic carbocycles. The maximum absolute atomic E-state index is 13.6. The highest BCUT2D eigenvalue weighted by Gasteiger charge is 2.24. The van der Waals surface area contributed by atoms with Gasteiger partial charge in [0, 0.05) is 11.2 Å². The second kappa shape index (κ2) is 6.19. The lowest BCUT2D eigenvalue weighted by atomic mass is 9.83. The minimum Gasteiger partial charge on any atom is -0.490 e. The average Bonchev–Trinajstić information content (AvgIpc) is 2.29. The van der Waals surface area contributed by atoms with Crippen LogP contribution < -0.4 is 4.74 Å². The van der Waals surface area contributed by atoms with Crippen LogP contribution in [0, 0.1) is 28.5 Å². The molecule has 0 spiro atoms. The van der Waals surface area contributed by atoms with E-state index in [-0.39, 0.29) is 17.1 Å². The highest BCUT2D eigenvalue weighted by atomic mass is 79.9. The first-order valence-corrected chi connectivity index (χ1v) is 6.89. The molecule has 0 aliphatic carbocycles. The quantitative estimate of drug-likeness (QED) is 0.783. The monoisotopic (exact) mass is 313 g/mol. The molecule has 0 fully saturated rings. The number of halogens is 2. The zero-order chi connectivity index (χ0) is 13.8. The van der Waals surface area contributed by atoms with Gasteiger partial charge in [0.25, 0.3) is 0 Å². The van der Waals surface area contributed by atoms with E-state index >= 15 is 0 Å². The van der Waals surface area contributed by atoms with Crippen molar-refractivity contribution >= 4 is 15.9 Å². The molecule has 2 nitrogen and oxygen atoms in total. The van der Waals surface area contributed by atoms with Gasteiger partial charge >= 0.3 is 0 Å². The number of nitrogens with zero attached hydrogens (tertiary/aromatic N) is 1. The van der Waals surface area contributed by atoms with E-state index < -0.39 is 5.82 Å². The van der Waals surface area contributed by atoms with Gasteiger partial charge in [0.05, 0.1) is 18.2 Å². The van der Waals surface area contributed by atoms with Crippen molar-refractivity contribution in [3.05, 3.63) is 29.6 Å². The van der Waals surface area contributed by atoms with Gasteiger partial charge in [0.1, 0.15) is 0 Å². The summed E-state index contributed by atoms with van der Waals surface area (Å²) in [5.74, 6) is -0.00646. The van der Waals surface area contributed by atoms with E-state index in [4.69, 9.17) is 10.00 Å². The van der Waals surface area contributed by atoms with Gasteiger partial charge in [-0.2, -0.15) is 5.26 Å². The Hall–Kier alpha value is -1.08. The molecule has 98 valence electrons. The molecule has 0 heterocycles. The Morgan fingerprint density at radius 3 is 2.56 bits per heavy atom. The normalized spacial score (nSPS) is 12.9. The van der Waals surface area contributed by atoms with Crippen LogP contribution in [-0.2, 0) is 0 Å². The third-order valence-corrected chi connectivity index (χ3v) is 3.69. The van der Waals surface area contributed by atoms with Crippen LogP contribution in [0.5, 0.6) is 5.75 Å².